The molecule has 0 radical (unpaired) electrons. The third-order valence-electron chi connectivity index (χ3n) is 3.65. The van der Waals surface area contributed by atoms with Crippen molar-refractivity contribution in [3.05, 3.63) is 41.3 Å². The first kappa shape index (κ1) is 12.8. The van der Waals surface area contributed by atoms with Crippen LogP contribution in [0, 0.1) is 6.92 Å². The zero-order chi connectivity index (χ0) is 13.9. The van der Waals surface area contributed by atoms with Gasteiger partial charge in [0.15, 0.2) is 0 Å². The predicted molar refractivity (Wildman–Crippen MR) is 74.6 cm³/mol. The Hall–Kier alpha value is -2.17. The normalized spacial score (nSPS) is 15.4. The molecule has 0 saturated heterocycles. The first-order valence-corrected chi connectivity index (χ1v) is 6.94. The Labute approximate surface area is 117 Å². The van der Waals surface area contributed by atoms with E-state index in [1.807, 2.05) is 25.1 Å². The predicted octanol–water partition coefficient (Wildman–Crippen LogP) is 3.29. The average molecular weight is 271 g/mol. The minimum absolute atomic E-state index is 0.179. The van der Waals surface area contributed by atoms with Crippen LogP contribution in [0.15, 0.2) is 28.7 Å². The van der Waals surface area contributed by atoms with E-state index in [2.05, 4.69) is 15.5 Å². The van der Waals surface area contributed by atoms with Gasteiger partial charge in [0.05, 0.1) is 0 Å². The van der Waals surface area contributed by atoms with Crippen molar-refractivity contribution in [3.63, 3.8) is 0 Å². The van der Waals surface area contributed by atoms with E-state index in [-0.39, 0.29) is 11.9 Å². The van der Waals surface area contributed by atoms with Gasteiger partial charge in [-0.1, -0.05) is 35.6 Å². The molecule has 1 heterocycles. The molecular formula is C15H17N3O2. The molecule has 0 atom stereocenters. The smallest absolute Gasteiger partial charge is 0.322 e. The van der Waals surface area contributed by atoms with E-state index in [1.54, 1.807) is 6.07 Å². The Morgan fingerprint density at radius 3 is 2.85 bits per heavy atom. The number of aromatic nitrogens is 2. The molecule has 1 aromatic heterocycles. The van der Waals surface area contributed by atoms with Crippen molar-refractivity contribution in [1.82, 2.24) is 10.2 Å². The maximum absolute atomic E-state index is 12.1. The van der Waals surface area contributed by atoms with Gasteiger partial charge in [0.1, 0.15) is 0 Å². The molecule has 1 aliphatic carbocycles. The number of hydrogen-bond donors (Lipinski definition) is 1. The number of carbonyl (C=O) groups is 1. The number of carbonyl (C=O) groups excluding carboxylic acids is 1. The Bertz CT molecular complexity index is 615. The summed E-state index contributed by atoms with van der Waals surface area (Å²) in [7, 11) is 0. The molecule has 104 valence electrons. The van der Waals surface area contributed by atoms with Crippen LogP contribution < -0.4 is 5.32 Å². The number of amides is 1. The number of rotatable bonds is 3. The topological polar surface area (TPSA) is 68.0 Å². The van der Waals surface area contributed by atoms with E-state index in [4.69, 9.17) is 4.42 Å². The fourth-order valence-electron chi connectivity index (χ4n) is 2.58. The van der Waals surface area contributed by atoms with Crippen LogP contribution in [0.1, 0.15) is 53.4 Å². The highest BCUT2D eigenvalue weighted by atomic mass is 16.4. The molecule has 0 spiro atoms. The number of nitrogens with zero attached hydrogens (tertiary/aromatic N) is 2. The lowest BCUT2D eigenvalue weighted by atomic mass is 10.1. The van der Waals surface area contributed by atoms with Crippen molar-refractivity contribution in [3.8, 4) is 0 Å². The van der Waals surface area contributed by atoms with Crippen molar-refractivity contribution < 1.29 is 9.21 Å². The molecule has 1 aromatic carbocycles. The number of hydrogen-bond acceptors (Lipinski definition) is 4. The Morgan fingerprint density at radius 1 is 1.30 bits per heavy atom. The van der Waals surface area contributed by atoms with Gasteiger partial charge in [-0.25, -0.2) is 0 Å². The minimum atomic E-state index is -0.227. The van der Waals surface area contributed by atoms with Crippen LogP contribution in [-0.4, -0.2) is 16.1 Å². The van der Waals surface area contributed by atoms with Gasteiger partial charge in [0.25, 0.3) is 5.91 Å². The number of aryl methyl sites for hydroxylation is 1. The van der Waals surface area contributed by atoms with Gasteiger partial charge in [-0.3, -0.25) is 10.1 Å². The van der Waals surface area contributed by atoms with Gasteiger partial charge in [0, 0.05) is 11.5 Å². The summed E-state index contributed by atoms with van der Waals surface area (Å²) in [5.74, 6) is 0.768. The maximum Gasteiger partial charge on any atom is 0.322 e. The van der Waals surface area contributed by atoms with Gasteiger partial charge in [-0.15, -0.1) is 5.10 Å². The molecule has 1 N–H and O–H groups in total. The van der Waals surface area contributed by atoms with Gasteiger partial charge in [-0.05, 0) is 31.9 Å². The summed E-state index contributed by atoms with van der Waals surface area (Å²) in [4.78, 5) is 12.1. The third-order valence-corrected chi connectivity index (χ3v) is 3.65. The van der Waals surface area contributed by atoms with Crippen molar-refractivity contribution >= 4 is 11.9 Å². The van der Waals surface area contributed by atoms with E-state index in [0.717, 1.165) is 18.4 Å². The lowest BCUT2D eigenvalue weighted by molar-refractivity contribution is 0.102. The van der Waals surface area contributed by atoms with Gasteiger partial charge < -0.3 is 4.42 Å². The third kappa shape index (κ3) is 2.71. The summed E-state index contributed by atoms with van der Waals surface area (Å²) < 4.78 is 5.54. The first-order valence-electron chi connectivity index (χ1n) is 6.94. The second-order valence-corrected chi connectivity index (χ2v) is 5.25. The molecule has 5 heteroatoms. The zero-order valence-corrected chi connectivity index (χ0v) is 11.4. The summed E-state index contributed by atoms with van der Waals surface area (Å²) in [5, 5.41) is 10.6. The highest BCUT2D eigenvalue weighted by molar-refractivity contribution is 6.03. The van der Waals surface area contributed by atoms with Gasteiger partial charge in [0.2, 0.25) is 5.89 Å². The lowest BCUT2D eigenvalue weighted by Crippen LogP contribution is -2.12. The van der Waals surface area contributed by atoms with Crippen LogP contribution in [0.25, 0.3) is 0 Å². The van der Waals surface area contributed by atoms with E-state index in [1.165, 1.54) is 12.8 Å². The van der Waals surface area contributed by atoms with Crippen molar-refractivity contribution in [2.75, 3.05) is 5.32 Å². The molecule has 3 rings (SSSR count). The van der Waals surface area contributed by atoms with Crippen molar-refractivity contribution in [2.45, 2.75) is 38.5 Å². The number of benzene rings is 1. The quantitative estimate of drug-likeness (QED) is 0.930. The van der Waals surface area contributed by atoms with Crippen LogP contribution in [-0.2, 0) is 0 Å². The molecule has 0 bridgehead atoms. The van der Waals surface area contributed by atoms with Crippen molar-refractivity contribution in [1.29, 1.82) is 0 Å². The second kappa shape index (κ2) is 5.45. The zero-order valence-electron chi connectivity index (χ0n) is 11.4. The SMILES string of the molecule is Cc1cccc(C(=O)Nc2nnc(C3CCCC3)o2)c1. The molecule has 1 aliphatic rings. The van der Waals surface area contributed by atoms with E-state index in [9.17, 15) is 4.79 Å². The first-order chi connectivity index (χ1) is 9.72. The summed E-state index contributed by atoms with van der Waals surface area (Å²) >= 11 is 0. The van der Waals surface area contributed by atoms with E-state index in [0.29, 0.717) is 17.4 Å². The van der Waals surface area contributed by atoms with Crippen LogP contribution >= 0.6 is 0 Å². The van der Waals surface area contributed by atoms with Crippen LogP contribution in [0.5, 0.6) is 0 Å². The molecule has 2 aromatic rings. The molecule has 1 amide bonds. The second-order valence-electron chi connectivity index (χ2n) is 5.25. The highest BCUT2D eigenvalue weighted by Gasteiger charge is 2.23. The minimum Gasteiger partial charge on any atom is -0.408 e. The van der Waals surface area contributed by atoms with Crippen LogP contribution in [0.3, 0.4) is 0 Å². The fourth-order valence-corrected chi connectivity index (χ4v) is 2.58. The molecule has 20 heavy (non-hydrogen) atoms. The van der Waals surface area contributed by atoms with Gasteiger partial charge >= 0.3 is 6.01 Å². The monoisotopic (exact) mass is 271 g/mol. The van der Waals surface area contributed by atoms with Gasteiger partial charge in [-0.2, -0.15) is 0 Å². The highest BCUT2D eigenvalue weighted by Crippen LogP contribution is 2.33. The lowest BCUT2D eigenvalue weighted by Gasteiger charge is -2.02. The fraction of sp³-hybridized carbons (Fsp3) is 0.400. The maximum atomic E-state index is 12.1. The molecule has 0 aliphatic heterocycles. The average Bonchev–Trinajstić information content (AvgIpc) is 3.08. The van der Waals surface area contributed by atoms with Crippen molar-refractivity contribution in [2.24, 2.45) is 0 Å². The summed E-state index contributed by atoms with van der Waals surface area (Å²) in [6, 6.07) is 7.56. The Kier molecular flexibility index (Phi) is 3.50. The van der Waals surface area contributed by atoms with Crippen LogP contribution in [0.4, 0.5) is 6.01 Å². The molecule has 5 nitrogen and oxygen atoms in total. The Balaban J connectivity index is 1.70. The summed E-state index contributed by atoms with van der Waals surface area (Å²) in [6.07, 6.45) is 4.59. The number of nitrogens with one attached hydrogen (secondary N) is 1. The molecule has 1 saturated carbocycles. The van der Waals surface area contributed by atoms with E-state index >= 15 is 0 Å². The molecule has 1 fully saturated rings. The largest absolute Gasteiger partial charge is 0.408 e. The van der Waals surface area contributed by atoms with E-state index < -0.39 is 0 Å². The molecule has 0 unspecified atom stereocenters. The molecular weight excluding hydrogens is 254 g/mol. The van der Waals surface area contributed by atoms with Crippen LogP contribution in [0.2, 0.25) is 0 Å². The standard InChI is InChI=1S/C15H17N3O2/c1-10-5-4-8-12(9-10)13(19)16-15-18-17-14(20-15)11-6-2-3-7-11/h4-5,8-9,11H,2-3,6-7H2,1H3,(H,16,18,19). The summed E-state index contributed by atoms with van der Waals surface area (Å²) in [6.45, 7) is 1.95. The Morgan fingerprint density at radius 2 is 2.10 bits per heavy atom. The summed E-state index contributed by atoms with van der Waals surface area (Å²) in [5.41, 5.74) is 1.63. The number of anilines is 1.